The molecular weight excluding hydrogens is 332 g/mol. The van der Waals surface area contributed by atoms with Gasteiger partial charge in [0.05, 0.1) is 14.2 Å². The van der Waals surface area contributed by atoms with Gasteiger partial charge in [-0.05, 0) is 42.8 Å². The van der Waals surface area contributed by atoms with E-state index in [4.69, 9.17) is 19.9 Å². The lowest BCUT2D eigenvalue weighted by molar-refractivity contribution is 0.102. The first-order valence-corrected chi connectivity index (χ1v) is 8.23. The van der Waals surface area contributed by atoms with E-state index in [1.807, 2.05) is 0 Å². The number of nitrogens with two attached hydrogens (primary N) is 1. The van der Waals surface area contributed by atoms with Crippen LogP contribution in [0.4, 0.5) is 5.69 Å². The molecule has 0 aromatic heterocycles. The van der Waals surface area contributed by atoms with Crippen LogP contribution in [0.2, 0.25) is 0 Å². The van der Waals surface area contributed by atoms with Crippen molar-refractivity contribution < 1.29 is 19.0 Å². The monoisotopic (exact) mass is 356 g/mol. The number of hydrogen-bond acceptors (Lipinski definition) is 5. The van der Waals surface area contributed by atoms with Crippen LogP contribution in [0, 0.1) is 0 Å². The number of hydrogen-bond donors (Lipinski definition) is 2. The minimum absolute atomic E-state index is 0.244. The molecule has 0 aliphatic carbocycles. The highest BCUT2D eigenvalue weighted by Gasteiger charge is 2.16. The Bertz CT molecular complexity index is 757. The highest BCUT2D eigenvalue weighted by Crippen LogP contribution is 2.33. The van der Waals surface area contributed by atoms with Gasteiger partial charge in [-0.2, -0.15) is 0 Å². The topological polar surface area (TPSA) is 82.8 Å². The minimum Gasteiger partial charge on any atom is -0.493 e. The molecule has 0 spiro atoms. The van der Waals surface area contributed by atoms with E-state index in [-0.39, 0.29) is 5.91 Å². The van der Waals surface area contributed by atoms with Gasteiger partial charge in [-0.1, -0.05) is 6.08 Å². The Morgan fingerprint density at radius 2 is 1.92 bits per heavy atom. The summed E-state index contributed by atoms with van der Waals surface area (Å²) in [6, 6.07) is 10.5. The number of carbonyl (C=O) groups excluding carboxylic acids is 1. The number of allylic oxidation sites excluding steroid dienone is 1. The molecule has 26 heavy (non-hydrogen) atoms. The zero-order valence-electron chi connectivity index (χ0n) is 15.1. The summed E-state index contributed by atoms with van der Waals surface area (Å²) < 4.78 is 16.2. The lowest BCUT2D eigenvalue weighted by Gasteiger charge is -2.14. The number of anilines is 1. The second-order valence-electron chi connectivity index (χ2n) is 5.48. The van der Waals surface area contributed by atoms with Crippen LogP contribution in [0.15, 0.2) is 49.1 Å². The molecule has 6 nitrogen and oxygen atoms in total. The van der Waals surface area contributed by atoms with Crippen molar-refractivity contribution in [1.29, 1.82) is 0 Å². The van der Waals surface area contributed by atoms with Crippen LogP contribution in [0.5, 0.6) is 17.2 Å². The van der Waals surface area contributed by atoms with E-state index >= 15 is 0 Å². The summed E-state index contributed by atoms with van der Waals surface area (Å²) in [6.07, 6.45) is 2.31. The normalized spacial score (nSPS) is 10.1. The molecule has 0 aliphatic rings. The standard InChI is InChI=1S/C20H24N2O4/c1-4-5-14-12-15(13-18(24-2)19(14)25-3)20(23)22-16-6-8-17(9-7-16)26-11-10-21/h4,6-9,12-13H,1,5,10-11,21H2,2-3H3,(H,22,23). The van der Waals surface area contributed by atoms with Crippen LogP contribution in [-0.4, -0.2) is 33.3 Å². The van der Waals surface area contributed by atoms with Crippen LogP contribution in [0.3, 0.4) is 0 Å². The van der Waals surface area contributed by atoms with Crippen LogP contribution in [0.25, 0.3) is 0 Å². The molecule has 2 rings (SSSR count). The van der Waals surface area contributed by atoms with Gasteiger partial charge >= 0.3 is 0 Å². The minimum atomic E-state index is -0.244. The van der Waals surface area contributed by atoms with Crippen molar-refractivity contribution in [1.82, 2.24) is 0 Å². The first-order chi connectivity index (χ1) is 12.6. The van der Waals surface area contributed by atoms with Crippen LogP contribution < -0.4 is 25.3 Å². The number of nitrogens with one attached hydrogen (secondary N) is 1. The third-order valence-electron chi connectivity index (χ3n) is 3.68. The molecule has 0 atom stereocenters. The Labute approximate surface area is 153 Å². The average molecular weight is 356 g/mol. The van der Waals surface area contributed by atoms with Gasteiger partial charge in [0.25, 0.3) is 5.91 Å². The number of rotatable bonds is 9. The maximum Gasteiger partial charge on any atom is 0.255 e. The predicted octanol–water partition coefficient (Wildman–Crippen LogP) is 3.02. The molecule has 1 amide bonds. The quantitative estimate of drug-likeness (QED) is 0.675. The molecule has 0 saturated heterocycles. The summed E-state index contributed by atoms with van der Waals surface area (Å²) >= 11 is 0. The van der Waals surface area contributed by atoms with E-state index in [1.54, 1.807) is 49.6 Å². The Morgan fingerprint density at radius 1 is 1.19 bits per heavy atom. The molecule has 6 heteroatoms. The van der Waals surface area contributed by atoms with Gasteiger partial charge in [-0.3, -0.25) is 4.79 Å². The summed E-state index contributed by atoms with van der Waals surface area (Å²) in [7, 11) is 3.11. The fraction of sp³-hybridized carbons (Fsp3) is 0.250. The highest BCUT2D eigenvalue weighted by atomic mass is 16.5. The largest absolute Gasteiger partial charge is 0.493 e. The van der Waals surface area contributed by atoms with Gasteiger partial charge in [0.15, 0.2) is 11.5 Å². The van der Waals surface area contributed by atoms with Crippen molar-refractivity contribution in [3.05, 3.63) is 60.2 Å². The van der Waals surface area contributed by atoms with Gasteiger partial charge in [0, 0.05) is 23.4 Å². The number of ether oxygens (including phenoxy) is 3. The summed E-state index contributed by atoms with van der Waals surface area (Å²) in [5, 5.41) is 2.86. The lowest BCUT2D eigenvalue weighted by Crippen LogP contribution is -2.13. The fourth-order valence-corrected chi connectivity index (χ4v) is 2.50. The lowest BCUT2D eigenvalue weighted by atomic mass is 10.0. The van der Waals surface area contributed by atoms with Gasteiger partial charge in [0.1, 0.15) is 12.4 Å². The third-order valence-corrected chi connectivity index (χ3v) is 3.68. The maximum absolute atomic E-state index is 12.6. The van der Waals surface area contributed by atoms with E-state index in [2.05, 4.69) is 11.9 Å². The SMILES string of the molecule is C=CCc1cc(C(=O)Nc2ccc(OCCN)cc2)cc(OC)c1OC. The summed E-state index contributed by atoms with van der Waals surface area (Å²) in [5.74, 6) is 1.56. The van der Waals surface area contributed by atoms with Crippen LogP contribution >= 0.6 is 0 Å². The Hall–Kier alpha value is -2.99. The molecule has 2 aromatic rings. The molecule has 0 bridgehead atoms. The smallest absolute Gasteiger partial charge is 0.255 e. The van der Waals surface area contributed by atoms with E-state index in [9.17, 15) is 4.79 Å². The first-order valence-electron chi connectivity index (χ1n) is 8.23. The molecule has 0 unspecified atom stereocenters. The molecule has 0 aliphatic heterocycles. The molecule has 138 valence electrons. The maximum atomic E-state index is 12.6. The number of benzene rings is 2. The van der Waals surface area contributed by atoms with Gasteiger partial charge in [-0.25, -0.2) is 0 Å². The average Bonchev–Trinajstić information content (AvgIpc) is 2.67. The van der Waals surface area contributed by atoms with E-state index in [1.165, 1.54) is 7.11 Å². The van der Waals surface area contributed by atoms with Crippen molar-refractivity contribution in [3.8, 4) is 17.2 Å². The second kappa shape index (κ2) is 9.48. The molecule has 0 radical (unpaired) electrons. The van der Waals surface area contributed by atoms with Crippen molar-refractivity contribution >= 4 is 11.6 Å². The Kier molecular flexibility index (Phi) is 7.05. The molecule has 2 aromatic carbocycles. The molecule has 0 heterocycles. The molecular formula is C20H24N2O4. The number of carbonyl (C=O) groups is 1. The van der Waals surface area contributed by atoms with E-state index in [0.29, 0.717) is 48.1 Å². The molecule has 3 N–H and O–H groups in total. The summed E-state index contributed by atoms with van der Waals surface area (Å²) in [6.45, 7) is 4.64. The van der Waals surface area contributed by atoms with Gasteiger partial charge in [0.2, 0.25) is 0 Å². The highest BCUT2D eigenvalue weighted by molar-refractivity contribution is 6.04. The van der Waals surface area contributed by atoms with Crippen LogP contribution in [-0.2, 0) is 6.42 Å². The van der Waals surface area contributed by atoms with Crippen molar-refractivity contribution in [2.24, 2.45) is 5.73 Å². The number of amides is 1. The van der Waals surface area contributed by atoms with Gasteiger partial charge < -0.3 is 25.3 Å². The van der Waals surface area contributed by atoms with Crippen LogP contribution in [0.1, 0.15) is 15.9 Å². The second-order valence-corrected chi connectivity index (χ2v) is 5.48. The zero-order chi connectivity index (χ0) is 18.9. The predicted molar refractivity (Wildman–Crippen MR) is 102 cm³/mol. The van der Waals surface area contributed by atoms with Crippen molar-refractivity contribution in [3.63, 3.8) is 0 Å². The Morgan fingerprint density at radius 3 is 2.50 bits per heavy atom. The first kappa shape index (κ1) is 19.3. The summed E-state index contributed by atoms with van der Waals surface area (Å²) in [5.41, 5.74) is 7.38. The number of methoxy groups -OCH3 is 2. The third kappa shape index (κ3) is 4.77. The van der Waals surface area contributed by atoms with Gasteiger partial charge in [-0.15, -0.1) is 6.58 Å². The molecule has 0 fully saturated rings. The fourth-order valence-electron chi connectivity index (χ4n) is 2.50. The summed E-state index contributed by atoms with van der Waals surface area (Å²) in [4.78, 5) is 12.6. The Balaban J connectivity index is 2.20. The zero-order valence-corrected chi connectivity index (χ0v) is 15.1. The van der Waals surface area contributed by atoms with Crippen molar-refractivity contribution in [2.45, 2.75) is 6.42 Å². The van der Waals surface area contributed by atoms with Crippen molar-refractivity contribution in [2.75, 3.05) is 32.7 Å². The van der Waals surface area contributed by atoms with E-state index in [0.717, 1.165) is 5.56 Å². The van der Waals surface area contributed by atoms with E-state index < -0.39 is 0 Å². The molecule has 0 saturated carbocycles.